The number of benzene rings is 1. The number of halogens is 1. The van der Waals surface area contributed by atoms with Gasteiger partial charge in [0.15, 0.2) is 0 Å². The standard InChI is InChI=1S/C20H14BrN3O4S/c21-13-3-5-16-12(10-13)11-14(20(26)28-16)19(25)22-7-8-27-18-6-4-15(23-24-18)17-2-1-9-29-17/h1-6,9-11H,7-8H2,(H,22,25). The summed E-state index contributed by atoms with van der Waals surface area (Å²) in [7, 11) is 0. The number of carbonyl (C=O) groups is 1. The summed E-state index contributed by atoms with van der Waals surface area (Å²) in [5, 5.41) is 13.4. The van der Waals surface area contributed by atoms with Crippen LogP contribution in [0.1, 0.15) is 10.4 Å². The fourth-order valence-corrected chi connectivity index (χ4v) is 3.69. The van der Waals surface area contributed by atoms with Gasteiger partial charge in [0.2, 0.25) is 5.88 Å². The van der Waals surface area contributed by atoms with Gasteiger partial charge in [-0.25, -0.2) is 4.79 Å². The van der Waals surface area contributed by atoms with Crippen LogP contribution >= 0.6 is 27.3 Å². The minimum Gasteiger partial charge on any atom is -0.475 e. The lowest BCUT2D eigenvalue weighted by molar-refractivity contribution is 0.0943. The minimum atomic E-state index is -0.687. The van der Waals surface area contributed by atoms with Gasteiger partial charge >= 0.3 is 5.63 Å². The van der Waals surface area contributed by atoms with E-state index in [1.807, 2.05) is 23.6 Å². The van der Waals surface area contributed by atoms with Crippen LogP contribution in [0.3, 0.4) is 0 Å². The lowest BCUT2D eigenvalue weighted by Gasteiger charge is -2.07. The molecule has 1 aromatic carbocycles. The van der Waals surface area contributed by atoms with Crippen LogP contribution in [0.5, 0.6) is 5.88 Å². The number of hydrogen-bond acceptors (Lipinski definition) is 7. The maximum Gasteiger partial charge on any atom is 0.349 e. The van der Waals surface area contributed by atoms with E-state index in [0.717, 1.165) is 15.0 Å². The van der Waals surface area contributed by atoms with Crippen molar-refractivity contribution < 1.29 is 13.9 Å². The number of ether oxygens (including phenoxy) is 1. The molecule has 29 heavy (non-hydrogen) atoms. The van der Waals surface area contributed by atoms with Crippen LogP contribution < -0.4 is 15.7 Å². The molecule has 0 radical (unpaired) electrons. The summed E-state index contributed by atoms with van der Waals surface area (Å²) in [6.45, 7) is 0.381. The van der Waals surface area contributed by atoms with Gasteiger partial charge in [0.1, 0.15) is 23.4 Å². The number of rotatable bonds is 6. The largest absolute Gasteiger partial charge is 0.475 e. The normalized spacial score (nSPS) is 10.8. The molecule has 1 N–H and O–H groups in total. The molecule has 3 heterocycles. The highest BCUT2D eigenvalue weighted by molar-refractivity contribution is 9.10. The van der Waals surface area contributed by atoms with Gasteiger partial charge in [0.05, 0.1) is 11.4 Å². The third-order valence-electron chi connectivity index (χ3n) is 3.99. The molecular weight excluding hydrogens is 458 g/mol. The van der Waals surface area contributed by atoms with E-state index >= 15 is 0 Å². The van der Waals surface area contributed by atoms with Gasteiger partial charge in [-0.15, -0.1) is 21.5 Å². The number of nitrogens with one attached hydrogen (secondary N) is 1. The molecule has 9 heteroatoms. The number of nitrogens with zero attached hydrogens (tertiary/aromatic N) is 2. The lowest BCUT2D eigenvalue weighted by atomic mass is 10.2. The highest BCUT2D eigenvalue weighted by atomic mass is 79.9. The molecular formula is C20H14BrN3O4S. The summed E-state index contributed by atoms with van der Waals surface area (Å²) in [6, 6.07) is 14.2. The second kappa shape index (κ2) is 8.54. The molecule has 3 aromatic heterocycles. The quantitative estimate of drug-likeness (QED) is 0.338. The summed E-state index contributed by atoms with van der Waals surface area (Å²) in [5.41, 5.74) is 0.446. The summed E-state index contributed by atoms with van der Waals surface area (Å²) in [6.07, 6.45) is 0. The van der Waals surface area contributed by atoms with Crippen LogP contribution in [0.25, 0.3) is 21.5 Å². The average molecular weight is 472 g/mol. The fourth-order valence-electron chi connectivity index (χ4n) is 2.62. The summed E-state index contributed by atoms with van der Waals surface area (Å²) in [4.78, 5) is 25.4. The van der Waals surface area contributed by atoms with E-state index < -0.39 is 11.5 Å². The van der Waals surface area contributed by atoms with Gasteiger partial charge in [0, 0.05) is 15.9 Å². The molecule has 0 unspecified atom stereocenters. The Balaban J connectivity index is 1.34. The van der Waals surface area contributed by atoms with Crippen molar-refractivity contribution in [2.45, 2.75) is 0 Å². The molecule has 7 nitrogen and oxygen atoms in total. The molecule has 146 valence electrons. The van der Waals surface area contributed by atoms with Crippen molar-refractivity contribution in [3.63, 3.8) is 0 Å². The van der Waals surface area contributed by atoms with E-state index in [1.165, 1.54) is 6.07 Å². The molecule has 0 aliphatic heterocycles. The van der Waals surface area contributed by atoms with Gasteiger partial charge in [0.25, 0.3) is 5.91 Å². The molecule has 0 atom stereocenters. The van der Waals surface area contributed by atoms with Gasteiger partial charge in [-0.05, 0) is 41.8 Å². The first kappa shape index (κ1) is 19.3. The van der Waals surface area contributed by atoms with E-state index in [4.69, 9.17) is 9.15 Å². The first-order valence-electron chi connectivity index (χ1n) is 8.62. The summed E-state index contributed by atoms with van der Waals surface area (Å²) >= 11 is 4.93. The Morgan fingerprint density at radius 3 is 2.83 bits per heavy atom. The Hall–Kier alpha value is -3.04. The zero-order chi connectivity index (χ0) is 20.2. The van der Waals surface area contributed by atoms with Crippen molar-refractivity contribution in [2.75, 3.05) is 13.2 Å². The smallest absolute Gasteiger partial charge is 0.349 e. The SMILES string of the molecule is O=C(NCCOc1ccc(-c2cccs2)nn1)c1cc2cc(Br)ccc2oc1=O. The van der Waals surface area contributed by atoms with Gasteiger partial charge in [-0.1, -0.05) is 22.0 Å². The second-order valence-corrected chi connectivity index (χ2v) is 7.83. The molecule has 0 spiro atoms. The van der Waals surface area contributed by atoms with Crippen molar-refractivity contribution in [3.05, 3.63) is 74.4 Å². The van der Waals surface area contributed by atoms with Gasteiger partial charge < -0.3 is 14.5 Å². The predicted molar refractivity (Wildman–Crippen MR) is 113 cm³/mol. The molecule has 0 saturated heterocycles. The predicted octanol–water partition coefficient (Wildman–Crippen LogP) is 3.88. The third-order valence-corrected chi connectivity index (χ3v) is 5.38. The van der Waals surface area contributed by atoms with E-state index in [0.29, 0.717) is 16.8 Å². The van der Waals surface area contributed by atoms with Crippen molar-refractivity contribution in [1.29, 1.82) is 0 Å². The van der Waals surface area contributed by atoms with E-state index in [-0.39, 0.29) is 18.7 Å². The first-order valence-corrected chi connectivity index (χ1v) is 10.3. The monoisotopic (exact) mass is 471 g/mol. The molecule has 0 bridgehead atoms. The number of aromatic nitrogens is 2. The molecule has 0 aliphatic carbocycles. The number of thiophene rings is 1. The van der Waals surface area contributed by atoms with Crippen LogP contribution in [0.15, 0.2) is 67.6 Å². The maximum absolute atomic E-state index is 12.3. The van der Waals surface area contributed by atoms with Crippen molar-refractivity contribution in [3.8, 4) is 16.5 Å². The number of fused-ring (bicyclic) bond motifs is 1. The fraction of sp³-hybridized carbons (Fsp3) is 0.100. The minimum absolute atomic E-state index is 0.0595. The van der Waals surface area contributed by atoms with Crippen LogP contribution in [0.2, 0.25) is 0 Å². The molecule has 0 saturated carbocycles. The number of carbonyl (C=O) groups excluding carboxylic acids is 1. The van der Waals surface area contributed by atoms with Gasteiger partial charge in [-0.3, -0.25) is 4.79 Å². The van der Waals surface area contributed by atoms with Crippen LogP contribution in [0, 0.1) is 0 Å². The Morgan fingerprint density at radius 2 is 2.07 bits per heavy atom. The molecule has 4 rings (SSSR count). The van der Waals surface area contributed by atoms with Crippen LogP contribution in [-0.4, -0.2) is 29.3 Å². The van der Waals surface area contributed by atoms with E-state index in [1.54, 1.807) is 35.6 Å². The zero-order valence-corrected chi connectivity index (χ0v) is 17.3. The van der Waals surface area contributed by atoms with Gasteiger partial charge in [-0.2, -0.15) is 0 Å². The summed E-state index contributed by atoms with van der Waals surface area (Å²) < 4.78 is 11.5. The Labute approximate surface area is 177 Å². The van der Waals surface area contributed by atoms with Crippen LogP contribution in [-0.2, 0) is 0 Å². The zero-order valence-electron chi connectivity index (χ0n) is 14.9. The number of hydrogen-bond donors (Lipinski definition) is 1. The Bertz CT molecular complexity index is 1210. The highest BCUT2D eigenvalue weighted by Gasteiger charge is 2.13. The molecule has 4 aromatic rings. The lowest BCUT2D eigenvalue weighted by Crippen LogP contribution is -2.31. The second-order valence-electron chi connectivity index (χ2n) is 5.97. The maximum atomic E-state index is 12.3. The molecule has 0 fully saturated rings. The molecule has 1 amide bonds. The Kier molecular flexibility index (Phi) is 5.68. The van der Waals surface area contributed by atoms with Crippen LogP contribution in [0.4, 0.5) is 0 Å². The topological polar surface area (TPSA) is 94.3 Å². The van der Waals surface area contributed by atoms with Crippen molar-refractivity contribution in [2.24, 2.45) is 0 Å². The average Bonchev–Trinajstić information content (AvgIpc) is 3.26. The van der Waals surface area contributed by atoms with Crippen molar-refractivity contribution in [1.82, 2.24) is 15.5 Å². The van der Waals surface area contributed by atoms with E-state index in [2.05, 4.69) is 31.4 Å². The number of amides is 1. The van der Waals surface area contributed by atoms with Crippen molar-refractivity contribution >= 4 is 44.1 Å². The Morgan fingerprint density at radius 1 is 1.17 bits per heavy atom. The molecule has 0 aliphatic rings. The third kappa shape index (κ3) is 4.52. The summed E-state index contributed by atoms with van der Waals surface area (Å²) in [5.74, 6) is -0.169. The van der Waals surface area contributed by atoms with E-state index in [9.17, 15) is 9.59 Å². The first-order chi connectivity index (χ1) is 14.1. The highest BCUT2D eigenvalue weighted by Crippen LogP contribution is 2.22.